The summed E-state index contributed by atoms with van der Waals surface area (Å²) < 4.78 is 11.2. The number of carbonyl (C=O) groups is 1. The molecule has 1 aliphatic heterocycles. The summed E-state index contributed by atoms with van der Waals surface area (Å²) in [7, 11) is 0. The first-order chi connectivity index (χ1) is 8.69. The fourth-order valence-corrected chi connectivity index (χ4v) is 3.41. The molecule has 0 aromatic carbocycles. The highest BCUT2D eigenvalue weighted by atomic mass is 32.1. The molecule has 0 saturated carbocycles. The van der Waals surface area contributed by atoms with E-state index in [9.17, 15) is 4.79 Å². The maximum atomic E-state index is 12.3. The van der Waals surface area contributed by atoms with Gasteiger partial charge in [0.05, 0.1) is 17.8 Å². The Balaban J connectivity index is 2.39. The van der Waals surface area contributed by atoms with Crippen LogP contribution in [0, 0.1) is 0 Å². The van der Waals surface area contributed by atoms with Crippen LogP contribution in [0.3, 0.4) is 0 Å². The maximum absolute atomic E-state index is 12.3. The Hall–Kier alpha value is -1.07. The average molecular weight is 283 g/mol. The van der Waals surface area contributed by atoms with Gasteiger partial charge in [-0.05, 0) is 40.2 Å². The van der Waals surface area contributed by atoms with Gasteiger partial charge in [-0.15, -0.1) is 11.3 Å². The molecule has 106 valence electrons. The van der Waals surface area contributed by atoms with E-state index in [1.807, 2.05) is 34.6 Å². The number of nitrogen functional groups attached to an aromatic ring is 1. The molecule has 2 unspecified atom stereocenters. The summed E-state index contributed by atoms with van der Waals surface area (Å²) in [5, 5.41) is 0.531. The van der Waals surface area contributed by atoms with E-state index in [1.54, 1.807) is 0 Å². The van der Waals surface area contributed by atoms with E-state index < -0.39 is 5.60 Å². The Bertz CT molecular complexity index is 502. The molecule has 5 heteroatoms. The molecule has 19 heavy (non-hydrogen) atoms. The Kier molecular flexibility index (Phi) is 3.62. The standard InChI is InChI=1S/C14H21NO3S/c1-7-6-9-10(13(16)18-14(3,4)5)12(15)19-11(9)8(2)17-7/h7-8H,6,15H2,1-5H3. The first kappa shape index (κ1) is 14.3. The van der Waals surface area contributed by atoms with E-state index in [0.29, 0.717) is 17.0 Å². The lowest BCUT2D eigenvalue weighted by Gasteiger charge is -2.26. The second-order valence-corrected chi connectivity index (χ2v) is 7.06. The summed E-state index contributed by atoms with van der Waals surface area (Å²) in [6.07, 6.45) is 0.794. The molecule has 2 heterocycles. The molecule has 0 saturated heterocycles. The second-order valence-electron chi connectivity index (χ2n) is 5.98. The molecule has 0 bridgehead atoms. The van der Waals surface area contributed by atoms with E-state index in [4.69, 9.17) is 15.2 Å². The van der Waals surface area contributed by atoms with E-state index in [-0.39, 0.29) is 18.2 Å². The van der Waals surface area contributed by atoms with Crippen molar-refractivity contribution in [3.63, 3.8) is 0 Å². The molecule has 0 fully saturated rings. The normalized spacial score (nSPS) is 23.0. The van der Waals surface area contributed by atoms with Crippen molar-refractivity contribution in [3.8, 4) is 0 Å². The van der Waals surface area contributed by atoms with Crippen LogP contribution in [0.25, 0.3) is 0 Å². The van der Waals surface area contributed by atoms with Gasteiger partial charge in [0, 0.05) is 11.3 Å². The van der Waals surface area contributed by atoms with Gasteiger partial charge < -0.3 is 15.2 Å². The number of fused-ring (bicyclic) bond motifs is 1. The van der Waals surface area contributed by atoms with Crippen LogP contribution in [0.4, 0.5) is 5.00 Å². The number of thiophene rings is 1. The number of rotatable bonds is 1. The minimum atomic E-state index is -0.513. The molecule has 4 nitrogen and oxygen atoms in total. The fraction of sp³-hybridized carbons (Fsp3) is 0.643. The van der Waals surface area contributed by atoms with Crippen molar-refractivity contribution in [1.29, 1.82) is 0 Å². The number of esters is 1. The third-order valence-electron chi connectivity index (χ3n) is 2.97. The van der Waals surface area contributed by atoms with Gasteiger partial charge in [-0.1, -0.05) is 0 Å². The van der Waals surface area contributed by atoms with Gasteiger partial charge in [-0.25, -0.2) is 4.79 Å². The van der Waals surface area contributed by atoms with Crippen LogP contribution in [0.5, 0.6) is 0 Å². The number of anilines is 1. The third-order valence-corrected chi connectivity index (χ3v) is 4.19. The molecule has 0 radical (unpaired) electrons. The molecule has 2 rings (SSSR count). The predicted octanol–water partition coefficient (Wildman–Crippen LogP) is 3.31. The highest BCUT2D eigenvalue weighted by Gasteiger charge is 2.32. The summed E-state index contributed by atoms with van der Waals surface area (Å²) in [5.41, 5.74) is 7.04. The molecule has 2 N–H and O–H groups in total. The first-order valence-corrected chi connectivity index (χ1v) is 7.30. The van der Waals surface area contributed by atoms with Crippen molar-refractivity contribution in [1.82, 2.24) is 0 Å². The van der Waals surface area contributed by atoms with Crippen molar-refractivity contribution in [2.75, 3.05) is 5.73 Å². The van der Waals surface area contributed by atoms with Crippen molar-refractivity contribution < 1.29 is 14.3 Å². The first-order valence-electron chi connectivity index (χ1n) is 6.49. The quantitative estimate of drug-likeness (QED) is 0.803. The molecular weight excluding hydrogens is 262 g/mol. The van der Waals surface area contributed by atoms with Gasteiger partial charge >= 0.3 is 5.97 Å². The minimum Gasteiger partial charge on any atom is -0.456 e. The van der Waals surface area contributed by atoms with Gasteiger partial charge in [-0.3, -0.25) is 0 Å². The van der Waals surface area contributed by atoms with Gasteiger partial charge in [0.1, 0.15) is 10.6 Å². The van der Waals surface area contributed by atoms with Crippen molar-refractivity contribution in [2.45, 2.75) is 58.8 Å². The Labute approximate surface area is 117 Å². The van der Waals surface area contributed by atoms with E-state index in [2.05, 4.69) is 0 Å². The van der Waals surface area contributed by atoms with Crippen LogP contribution < -0.4 is 5.73 Å². The third kappa shape index (κ3) is 2.92. The number of carbonyl (C=O) groups excluding carboxylic acids is 1. The van der Waals surface area contributed by atoms with Gasteiger partial charge in [0.15, 0.2) is 0 Å². The molecule has 1 aromatic heterocycles. The number of ether oxygens (including phenoxy) is 2. The van der Waals surface area contributed by atoms with E-state index >= 15 is 0 Å². The Morgan fingerprint density at radius 2 is 2.05 bits per heavy atom. The average Bonchev–Trinajstić information content (AvgIpc) is 2.52. The monoisotopic (exact) mass is 283 g/mol. The van der Waals surface area contributed by atoms with Crippen LogP contribution in [0.1, 0.15) is 61.5 Å². The van der Waals surface area contributed by atoms with Gasteiger partial charge in [-0.2, -0.15) is 0 Å². The Morgan fingerprint density at radius 1 is 1.42 bits per heavy atom. The molecule has 1 aliphatic rings. The molecule has 0 aliphatic carbocycles. The zero-order valence-corrected chi connectivity index (χ0v) is 12.9. The second kappa shape index (κ2) is 4.80. The summed E-state index contributed by atoms with van der Waals surface area (Å²) >= 11 is 1.43. The van der Waals surface area contributed by atoms with Crippen LogP contribution in [-0.4, -0.2) is 17.7 Å². The minimum absolute atomic E-state index is 0.0118. The smallest absolute Gasteiger partial charge is 0.341 e. The molecule has 0 amide bonds. The molecule has 0 spiro atoms. The summed E-state index contributed by atoms with van der Waals surface area (Å²) in [5.74, 6) is -0.330. The summed E-state index contributed by atoms with van der Waals surface area (Å²) in [4.78, 5) is 13.3. The van der Waals surface area contributed by atoms with Crippen LogP contribution in [0.15, 0.2) is 0 Å². The topological polar surface area (TPSA) is 61.6 Å². The lowest BCUT2D eigenvalue weighted by Crippen LogP contribution is -2.26. The number of hydrogen-bond donors (Lipinski definition) is 1. The lowest BCUT2D eigenvalue weighted by atomic mass is 9.99. The maximum Gasteiger partial charge on any atom is 0.341 e. The predicted molar refractivity (Wildman–Crippen MR) is 76.6 cm³/mol. The van der Waals surface area contributed by atoms with Crippen molar-refractivity contribution >= 4 is 22.3 Å². The van der Waals surface area contributed by atoms with Gasteiger partial charge in [0.2, 0.25) is 0 Å². The zero-order valence-electron chi connectivity index (χ0n) is 12.1. The Morgan fingerprint density at radius 3 is 2.63 bits per heavy atom. The largest absolute Gasteiger partial charge is 0.456 e. The highest BCUT2D eigenvalue weighted by Crippen LogP contribution is 2.41. The van der Waals surface area contributed by atoms with Crippen molar-refractivity contribution in [2.24, 2.45) is 0 Å². The lowest BCUT2D eigenvalue weighted by molar-refractivity contribution is -0.00384. The fourth-order valence-electron chi connectivity index (χ4n) is 2.33. The van der Waals surface area contributed by atoms with Crippen molar-refractivity contribution in [3.05, 3.63) is 16.0 Å². The number of hydrogen-bond acceptors (Lipinski definition) is 5. The molecule has 1 aromatic rings. The zero-order chi connectivity index (χ0) is 14.4. The van der Waals surface area contributed by atoms with Crippen LogP contribution >= 0.6 is 11.3 Å². The molecule has 2 atom stereocenters. The van der Waals surface area contributed by atoms with Crippen LogP contribution in [-0.2, 0) is 15.9 Å². The SMILES string of the molecule is CC1Cc2c(sc(N)c2C(=O)OC(C)(C)C)C(C)O1. The molecular formula is C14H21NO3S. The number of nitrogens with two attached hydrogens (primary N) is 1. The highest BCUT2D eigenvalue weighted by molar-refractivity contribution is 7.16. The van der Waals surface area contributed by atoms with Crippen LogP contribution in [0.2, 0.25) is 0 Å². The van der Waals surface area contributed by atoms with Gasteiger partial charge in [0.25, 0.3) is 0 Å². The summed E-state index contributed by atoms with van der Waals surface area (Å²) in [6, 6.07) is 0. The summed E-state index contributed by atoms with van der Waals surface area (Å²) in [6.45, 7) is 9.56. The van der Waals surface area contributed by atoms with E-state index in [1.165, 1.54) is 11.3 Å². The van der Waals surface area contributed by atoms with E-state index in [0.717, 1.165) is 10.4 Å².